The van der Waals surface area contributed by atoms with Crippen LogP contribution in [0.25, 0.3) is 0 Å². The molecular formula is C31H32NO10P. The zero-order valence-corrected chi connectivity index (χ0v) is 24.6. The van der Waals surface area contributed by atoms with Crippen LogP contribution in [0, 0.1) is 0 Å². The Hall–Kier alpha value is -4.31. The van der Waals surface area contributed by atoms with Gasteiger partial charge in [-0.25, -0.2) is 0 Å². The first-order valence-electron chi connectivity index (χ1n) is 13.5. The molecule has 0 radical (unpaired) electrons. The summed E-state index contributed by atoms with van der Waals surface area (Å²) in [5, 5.41) is 14.8. The molecule has 1 fully saturated rings. The molecule has 1 saturated heterocycles. The van der Waals surface area contributed by atoms with Crippen molar-refractivity contribution in [1.82, 2.24) is 5.32 Å². The highest BCUT2D eigenvalue weighted by molar-refractivity contribution is 7.85. The second kappa shape index (κ2) is 13.8. The smallest absolute Gasteiger partial charge is 0.303 e. The molecule has 43 heavy (non-hydrogen) atoms. The van der Waals surface area contributed by atoms with Crippen molar-refractivity contribution in [3.8, 4) is 0 Å². The van der Waals surface area contributed by atoms with E-state index in [0.717, 1.165) is 20.8 Å². The number of hydrogen-bond acceptors (Lipinski definition) is 10. The van der Waals surface area contributed by atoms with Gasteiger partial charge >= 0.3 is 17.9 Å². The normalized spacial score (nSPS) is 21.7. The maximum atomic E-state index is 15.0. The van der Waals surface area contributed by atoms with Gasteiger partial charge < -0.3 is 33.9 Å². The Morgan fingerprint density at radius 1 is 0.767 bits per heavy atom. The summed E-state index contributed by atoms with van der Waals surface area (Å²) in [6, 6.07) is 22.5. The number of carbonyl (C=O) groups excluding carboxylic acids is 4. The van der Waals surface area contributed by atoms with Crippen molar-refractivity contribution in [3.63, 3.8) is 0 Å². The first kappa shape index (κ1) is 31.6. The molecule has 1 aliphatic rings. The molecule has 2 N–H and O–H groups in total. The van der Waals surface area contributed by atoms with E-state index < -0.39 is 68.2 Å². The van der Waals surface area contributed by atoms with Crippen LogP contribution in [0.2, 0.25) is 0 Å². The van der Waals surface area contributed by atoms with Crippen LogP contribution in [0.3, 0.4) is 0 Å². The third-order valence-electron chi connectivity index (χ3n) is 6.75. The quantitative estimate of drug-likeness (QED) is 0.208. The number of aliphatic hydroxyl groups excluding tert-OH is 1. The third-order valence-corrected chi connectivity index (χ3v) is 9.87. The van der Waals surface area contributed by atoms with Gasteiger partial charge in [-0.15, -0.1) is 0 Å². The Kier molecular flexibility index (Phi) is 10.1. The number of hydrogen-bond donors (Lipinski definition) is 2. The van der Waals surface area contributed by atoms with Crippen molar-refractivity contribution < 1.29 is 47.8 Å². The zero-order valence-electron chi connectivity index (χ0n) is 23.7. The topological polar surface area (TPSA) is 155 Å². The Bertz CT molecular complexity index is 1470. The molecule has 0 saturated carbocycles. The Morgan fingerprint density at radius 3 is 1.81 bits per heavy atom. The highest BCUT2D eigenvalue weighted by Crippen LogP contribution is 2.43. The number of carbonyl (C=O) groups is 4. The van der Waals surface area contributed by atoms with Crippen LogP contribution in [-0.2, 0) is 37.9 Å². The van der Waals surface area contributed by atoms with Crippen LogP contribution in [0.15, 0.2) is 84.9 Å². The Labute approximate surface area is 248 Å². The Balaban J connectivity index is 1.75. The molecule has 3 unspecified atom stereocenters. The summed E-state index contributed by atoms with van der Waals surface area (Å²) in [5.41, 5.74) is 0.0402. The van der Waals surface area contributed by atoms with Crippen LogP contribution in [0.4, 0.5) is 0 Å². The van der Waals surface area contributed by atoms with Crippen molar-refractivity contribution in [2.75, 3.05) is 6.61 Å². The molecule has 5 atom stereocenters. The summed E-state index contributed by atoms with van der Waals surface area (Å²) in [6.07, 6.45) is -5.78. The third kappa shape index (κ3) is 7.19. The highest BCUT2D eigenvalue weighted by Gasteiger charge is 2.51. The van der Waals surface area contributed by atoms with Gasteiger partial charge in [-0.2, -0.15) is 0 Å². The molecule has 226 valence electrons. The number of amides is 1. The highest BCUT2D eigenvalue weighted by atomic mass is 31.2. The van der Waals surface area contributed by atoms with Crippen LogP contribution < -0.4 is 21.2 Å². The number of aliphatic hydroxyl groups is 1. The lowest BCUT2D eigenvalue weighted by Crippen LogP contribution is -2.66. The van der Waals surface area contributed by atoms with Crippen LogP contribution >= 0.6 is 7.14 Å². The van der Waals surface area contributed by atoms with Crippen molar-refractivity contribution >= 4 is 46.9 Å². The molecule has 3 aromatic rings. The monoisotopic (exact) mass is 609 g/mol. The minimum atomic E-state index is -3.59. The molecule has 0 spiro atoms. The van der Waals surface area contributed by atoms with E-state index >= 15 is 4.57 Å². The van der Waals surface area contributed by atoms with E-state index in [1.165, 1.54) is 6.07 Å². The summed E-state index contributed by atoms with van der Waals surface area (Å²) in [4.78, 5) is 49.4. The average Bonchev–Trinajstić information content (AvgIpc) is 2.99. The van der Waals surface area contributed by atoms with Gasteiger partial charge in [-0.3, -0.25) is 19.2 Å². The van der Waals surface area contributed by atoms with E-state index in [1.54, 1.807) is 78.9 Å². The van der Waals surface area contributed by atoms with Crippen molar-refractivity contribution in [1.29, 1.82) is 0 Å². The SMILES string of the molecule is CC(=O)OCC1OC(O)[C@H](NC(=O)c2ccccc2P(=O)(c2ccccc2)c2ccccc2)C(OC(C)=O)[C@H]1OC(C)=O. The van der Waals surface area contributed by atoms with Gasteiger partial charge in [-0.05, 0) is 6.07 Å². The van der Waals surface area contributed by atoms with E-state index in [-0.39, 0.29) is 10.9 Å². The largest absolute Gasteiger partial charge is 0.463 e. The van der Waals surface area contributed by atoms with Crippen LogP contribution in [0.1, 0.15) is 31.1 Å². The fraction of sp³-hybridized carbons (Fsp3) is 0.290. The van der Waals surface area contributed by atoms with Gasteiger partial charge in [0.05, 0.1) is 5.56 Å². The predicted octanol–water partition coefficient (Wildman–Crippen LogP) is 1.57. The molecule has 1 heterocycles. The number of nitrogens with one attached hydrogen (secondary N) is 1. The second-order valence-corrected chi connectivity index (χ2v) is 12.5. The molecule has 1 amide bonds. The van der Waals surface area contributed by atoms with E-state index in [2.05, 4.69) is 5.32 Å². The molecule has 11 nitrogen and oxygen atoms in total. The number of esters is 3. The van der Waals surface area contributed by atoms with Gasteiger partial charge in [0, 0.05) is 36.7 Å². The van der Waals surface area contributed by atoms with Gasteiger partial charge in [0.15, 0.2) is 25.6 Å². The first-order chi connectivity index (χ1) is 20.5. The summed E-state index contributed by atoms with van der Waals surface area (Å²) >= 11 is 0. The summed E-state index contributed by atoms with van der Waals surface area (Å²) in [7, 11) is -3.59. The molecule has 4 rings (SSSR count). The molecule has 0 aliphatic carbocycles. The number of ether oxygens (including phenoxy) is 4. The minimum Gasteiger partial charge on any atom is -0.463 e. The summed E-state index contributed by atoms with van der Waals surface area (Å²) < 4.78 is 36.4. The molecular weight excluding hydrogens is 577 g/mol. The lowest BCUT2D eigenvalue weighted by Gasteiger charge is -2.43. The average molecular weight is 610 g/mol. The fourth-order valence-corrected chi connectivity index (χ4v) is 7.80. The van der Waals surface area contributed by atoms with Gasteiger partial charge in [0.25, 0.3) is 5.91 Å². The standard InChI is InChI=1S/C31H32NO10P/c1-19(33)39-18-25-28(40-20(2)34)29(41-21(3)35)27(31(37)42-25)32-30(36)24-16-10-11-17-26(24)43(38,22-12-6-4-7-13-22)23-14-8-5-9-15-23/h4-17,25,27-29,31,37H,18H2,1-3H3,(H,32,36)/t25?,27-,28+,29?,31?/m1/s1. The second-order valence-electron chi connectivity index (χ2n) is 9.81. The van der Waals surface area contributed by atoms with Gasteiger partial charge in [0.1, 0.15) is 18.8 Å². The first-order valence-corrected chi connectivity index (χ1v) is 15.2. The van der Waals surface area contributed by atoms with E-state index in [0.29, 0.717) is 10.6 Å². The predicted molar refractivity (Wildman–Crippen MR) is 156 cm³/mol. The van der Waals surface area contributed by atoms with Crippen LogP contribution in [0.5, 0.6) is 0 Å². The zero-order chi connectivity index (χ0) is 31.1. The maximum Gasteiger partial charge on any atom is 0.303 e. The maximum absolute atomic E-state index is 15.0. The lowest BCUT2D eigenvalue weighted by atomic mass is 9.96. The van der Waals surface area contributed by atoms with E-state index in [4.69, 9.17) is 18.9 Å². The van der Waals surface area contributed by atoms with Gasteiger partial charge in [0.2, 0.25) is 0 Å². The molecule has 3 aromatic carbocycles. The molecule has 12 heteroatoms. The van der Waals surface area contributed by atoms with E-state index in [9.17, 15) is 24.3 Å². The summed E-state index contributed by atoms with van der Waals surface area (Å²) in [6.45, 7) is 2.96. The number of benzene rings is 3. The fourth-order valence-electron chi connectivity index (χ4n) is 4.95. The lowest BCUT2D eigenvalue weighted by molar-refractivity contribution is -0.263. The molecule has 1 aliphatic heterocycles. The number of rotatable bonds is 9. The van der Waals surface area contributed by atoms with Crippen molar-refractivity contribution in [2.24, 2.45) is 0 Å². The van der Waals surface area contributed by atoms with Crippen molar-refractivity contribution in [2.45, 2.75) is 51.4 Å². The Morgan fingerprint density at radius 2 is 1.28 bits per heavy atom. The van der Waals surface area contributed by atoms with Crippen LogP contribution in [-0.4, -0.2) is 66.2 Å². The van der Waals surface area contributed by atoms with Gasteiger partial charge in [-0.1, -0.05) is 78.9 Å². The van der Waals surface area contributed by atoms with Crippen molar-refractivity contribution in [3.05, 3.63) is 90.5 Å². The minimum absolute atomic E-state index is 0.0402. The molecule has 0 aromatic heterocycles. The molecule has 0 bridgehead atoms. The summed E-state index contributed by atoms with van der Waals surface area (Å²) in [5.74, 6) is -2.97. The van der Waals surface area contributed by atoms with E-state index in [1.807, 2.05) is 0 Å².